The fourth-order valence-corrected chi connectivity index (χ4v) is 6.82. The smallest absolute Gasteiger partial charge is 0.243 e. The number of hydrogen-bond acceptors (Lipinski definition) is 5. The number of aromatic nitrogens is 1. The van der Waals surface area contributed by atoms with Crippen molar-refractivity contribution >= 4 is 42.6 Å². The highest BCUT2D eigenvalue weighted by atomic mass is 32.2. The minimum atomic E-state index is -3.65. The third-order valence-electron chi connectivity index (χ3n) is 6.08. The molecule has 1 aromatic heterocycles. The van der Waals surface area contributed by atoms with Crippen molar-refractivity contribution in [3.05, 3.63) is 90.5 Å². The van der Waals surface area contributed by atoms with Crippen molar-refractivity contribution in [2.45, 2.75) is 24.3 Å². The number of carbonyl (C=O) groups excluding carboxylic acids is 1. The van der Waals surface area contributed by atoms with E-state index in [1.54, 1.807) is 35.2 Å². The number of piperidine rings is 1. The summed E-state index contributed by atoms with van der Waals surface area (Å²) in [6.45, 7) is 0.981. The molecule has 3 aromatic carbocycles. The predicted octanol–water partition coefficient (Wildman–Crippen LogP) is 4.93. The maximum Gasteiger partial charge on any atom is 0.243 e. The quantitative estimate of drug-likeness (QED) is 0.383. The van der Waals surface area contributed by atoms with Crippen molar-refractivity contribution in [2.24, 2.45) is 5.92 Å². The maximum atomic E-state index is 13.9. The van der Waals surface area contributed by atoms with E-state index in [1.165, 1.54) is 15.6 Å². The molecule has 1 atom stereocenters. The lowest BCUT2D eigenvalue weighted by Gasteiger charge is -2.33. The number of anilines is 1. The van der Waals surface area contributed by atoms with Crippen molar-refractivity contribution in [1.29, 1.82) is 0 Å². The van der Waals surface area contributed by atoms with E-state index in [4.69, 9.17) is 4.98 Å². The zero-order valence-electron chi connectivity index (χ0n) is 18.6. The van der Waals surface area contributed by atoms with E-state index < -0.39 is 15.9 Å². The highest BCUT2D eigenvalue weighted by Gasteiger charge is 2.36. The maximum absolute atomic E-state index is 13.9. The standard InChI is InChI=1S/C26H25N3O3S2/c30-25(21-12-9-17-28(19-21)34(31,32)22-13-5-2-6-14-22)29(18-20-10-3-1-4-11-20)26-27-23-15-7-8-16-24(23)33-26/h1-8,10-11,13-16,21H,9,12,17-19H2. The van der Waals surface area contributed by atoms with Crippen molar-refractivity contribution in [2.75, 3.05) is 18.0 Å². The highest BCUT2D eigenvalue weighted by molar-refractivity contribution is 7.89. The summed E-state index contributed by atoms with van der Waals surface area (Å²) in [5, 5.41) is 0.637. The number of amides is 1. The van der Waals surface area contributed by atoms with Gasteiger partial charge in [0.15, 0.2) is 5.13 Å². The summed E-state index contributed by atoms with van der Waals surface area (Å²) in [5.41, 5.74) is 1.85. The van der Waals surface area contributed by atoms with E-state index in [9.17, 15) is 13.2 Å². The summed E-state index contributed by atoms with van der Waals surface area (Å²) < 4.78 is 28.9. The number of nitrogens with zero attached hydrogens (tertiary/aromatic N) is 3. The normalized spacial score (nSPS) is 17.0. The van der Waals surface area contributed by atoms with Crippen molar-refractivity contribution < 1.29 is 13.2 Å². The third-order valence-corrected chi connectivity index (χ3v) is 9.02. The van der Waals surface area contributed by atoms with Gasteiger partial charge >= 0.3 is 0 Å². The third kappa shape index (κ3) is 4.61. The summed E-state index contributed by atoms with van der Waals surface area (Å²) in [6.07, 6.45) is 1.29. The van der Waals surface area contributed by atoms with E-state index in [0.29, 0.717) is 31.1 Å². The molecule has 1 unspecified atom stereocenters. The van der Waals surface area contributed by atoms with Crippen molar-refractivity contribution in [3.63, 3.8) is 0 Å². The molecule has 1 saturated heterocycles. The first-order valence-corrected chi connectivity index (χ1v) is 13.5. The van der Waals surface area contributed by atoms with Gasteiger partial charge in [-0.2, -0.15) is 4.31 Å². The van der Waals surface area contributed by atoms with Crippen LogP contribution in [0.1, 0.15) is 18.4 Å². The summed E-state index contributed by atoms with van der Waals surface area (Å²) in [6, 6.07) is 26.1. The van der Waals surface area contributed by atoms with Gasteiger partial charge in [0, 0.05) is 13.1 Å². The van der Waals surface area contributed by atoms with Gasteiger partial charge in [-0.1, -0.05) is 72.0 Å². The molecule has 1 amide bonds. The zero-order chi connectivity index (χ0) is 23.5. The Morgan fingerprint density at radius 2 is 1.65 bits per heavy atom. The molecule has 1 fully saturated rings. The van der Waals surface area contributed by atoms with Gasteiger partial charge in [-0.25, -0.2) is 13.4 Å². The molecule has 5 rings (SSSR count). The Labute approximate surface area is 203 Å². The zero-order valence-corrected chi connectivity index (χ0v) is 20.2. The van der Waals surface area contributed by atoms with Crippen LogP contribution in [0.3, 0.4) is 0 Å². The SMILES string of the molecule is O=C(C1CCCN(S(=O)(=O)c2ccccc2)C1)N(Cc1ccccc1)c1nc2ccccc2s1. The first kappa shape index (κ1) is 22.7. The van der Waals surface area contributed by atoms with Gasteiger partial charge in [0.2, 0.25) is 15.9 Å². The van der Waals surface area contributed by atoms with E-state index in [-0.39, 0.29) is 17.3 Å². The summed E-state index contributed by atoms with van der Waals surface area (Å²) in [5.74, 6) is -0.515. The Bertz CT molecular complexity index is 1360. The molecule has 1 aliphatic heterocycles. The molecule has 0 spiro atoms. The van der Waals surface area contributed by atoms with E-state index >= 15 is 0 Å². The predicted molar refractivity (Wildman–Crippen MR) is 135 cm³/mol. The molecule has 2 heterocycles. The Balaban J connectivity index is 1.44. The lowest BCUT2D eigenvalue weighted by molar-refractivity contribution is -0.123. The second-order valence-corrected chi connectivity index (χ2v) is 11.3. The number of thiazole rings is 1. The van der Waals surface area contributed by atoms with Gasteiger partial charge in [-0.15, -0.1) is 0 Å². The van der Waals surface area contributed by atoms with Gasteiger partial charge in [0.05, 0.1) is 27.6 Å². The monoisotopic (exact) mass is 491 g/mol. The number of fused-ring (bicyclic) bond motifs is 1. The Morgan fingerprint density at radius 1 is 0.971 bits per heavy atom. The molecular weight excluding hydrogens is 466 g/mol. The summed E-state index contributed by atoms with van der Waals surface area (Å²) >= 11 is 1.48. The van der Waals surface area contributed by atoms with Crippen LogP contribution in [0.4, 0.5) is 5.13 Å². The van der Waals surface area contributed by atoms with E-state index in [2.05, 4.69) is 0 Å². The van der Waals surface area contributed by atoms with E-state index in [1.807, 2.05) is 54.6 Å². The van der Waals surface area contributed by atoms with Crippen LogP contribution in [0.15, 0.2) is 89.8 Å². The molecule has 6 nitrogen and oxygen atoms in total. The average molecular weight is 492 g/mol. The molecule has 1 aliphatic rings. The molecule has 4 aromatic rings. The lowest BCUT2D eigenvalue weighted by atomic mass is 9.98. The second kappa shape index (κ2) is 9.66. The van der Waals surface area contributed by atoms with Crippen molar-refractivity contribution in [1.82, 2.24) is 9.29 Å². The van der Waals surface area contributed by atoms with Crippen LogP contribution in [0.2, 0.25) is 0 Å². The molecule has 174 valence electrons. The number of rotatable bonds is 6. The molecule has 0 radical (unpaired) electrons. The fourth-order valence-electron chi connectivity index (χ4n) is 4.31. The molecule has 0 saturated carbocycles. The molecule has 8 heteroatoms. The van der Waals surface area contributed by atoms with E-state index in [0.717, 1.165) is 15.8 Å². The largest absolute Gasteiger partial charge is 0.283 e. The second-order valence-electron chi connectivity index (χ2n) is 8.39. The number of hydrogen-bond donors (Lipinski definition) is 0. The van der Waals surface area contributed by atoms with Gasteiger partial charge < -0.3 is 0 Å². The van der Waals surface area contributed by atoms with Crippen LogP contribution in [0.25, 0.3) is 10.2 Å². The molecule has 0 bridgehead atoms. The number of benzene rings is 3. The highest BCUT2D eigenvalue weighted by Crippen LogP contribution is 2.32. The minimum absolute atomic E-state index is 0.0872. The Morgan fingerprint density at radius 3 is 2.38 bits per heavy atom. The van der Waals surface area contributed by atoms with Crippen molar-refractivity contribution in [3.8, 4) is 0 Å². The van der Waals surface area contributed by atoms with Crippen LogP contribution in [0.5, 0.6) is 0 Å². The van der Waals surface area contributed by atoms with Crippen LogP contribution in [-0.4, -0.2) is 36.7 Å². The first-order valence-electron chi connectivity index (χ1n) is 11.3. The van der Waals surface area contributed by atoms with Gasteiger partial charge in [-0.3, -0.25) is 9.69 Å². The molecular formula is C26H25N3O3S2. The topological polar surface area (TPSA) is 70.6 Å². The van der Waals surface area contributed by atoms with Gasteiger partial charge in [0.1, 0.15) is 0 Å². The number of para-hydroxylation sites is 1. The van der Waals surface area contributed by atoms with Crippen LogP contribution in [0, 0.1) is 5.92 Å². The molecule has 0 N–H and O–H groups in total. The number of sulfonamides is 1. The summed E-state index contributed by atoms with van der Waals surface area (Å²) in [7, 11) is -3.65. The van der Waals surface area contributed by atoms with Crippen LogP contribution >= 0.6 is 11.3 Å². The van der Waals surface area contributed by atoms with Gasteiger partial charge in [0.25, 0.3) is 0 Å². The minimum Gasteiger partial charge on any atom is -0.283 e. The van der Waals surface area contributed by atoms with Gasteiger partial charge in [-0.05, 0) is 42.7 Å². The fraction of sp³-hybridized carbons (Fsp3) is 0.231. The Hall–Kier alpha value is -3.07. The summed E-state index contributed by atoms with van der Waals surface area (Å²) in [4.78, 5) is 20.6. The van der Waals surface area contributed by atoms with Crippen LogP contribution < -0.4 is 4.90 Å². The lowest BCUT2D eigenvalue weighted by Crippen LogP contribution is -2.46. The molecule has 34 heavy (non-hydrogen) atoms. The first-order chi connectivity index (χ1) is 16.5. The molecule has 0 aliphatic carbocycles. The average Bonchev–Trinajstić information content (AvgIpc) is 3.32. The Kier molecular flexibility index (Phi) is 6.45. The number of carbonyl (C=O) groups is 1. The van der Waals surface area contributed by atoms with Crippen LogP contribution in [-0.2, 0) is 21.4 Å².